The van der Waals surface area contributed by atoms with E-state index in [1.54, 1.807) is 11.3 Å². The minimum Gasteiger partial charge on any atom is -0.370 e. The fraction of sp³-hybridized carbons (Fsp3) is 0.600. The van der Waals surface area contributed by atoms with Crippen LogP contribution < -0.4 is 11.1 Å². The van der Waals surface area contributed by atoms with Crippen molar-refractivity contribution in [2.75, 3.05) is 6.54 Å². The number of nitrogens with zero attached hydrogens (tertiary/aromatic N) is 1. The average molecular weight is 227 g/mol. The minimum atomic E-state index is -0.267. The molecule has 1 amide bonds. The lowest BCUT2D eigenvalue weighted by atomic mass is 10.1. The Hall–Kier alpha value is -0.940. The summed E-state index contributed by atoms with van der Waals surface area (Å²) in [7, 11) is 0. The van der Waals surface area contributed by atoms with Crippen LogP contribution in [0.1, 0.15) is 31.2 Å². The molecule has 0 aliphatic rings. The van der Waals surface area contributed by atoms with E-state index in [1.165, 1.54) is 0 Å². The molecule has 2 unspecified atom stereocenters. The van der Waals surface area contributed by atoms with Crippen molar-refractivity contribution < 1.29 is 4.79 Å². The number of carbonyl (C=O) groups excluding carboxylic acids is 1. The van der Waals surface area contributed by atoms with Gasteiger partial charge in [0, 0.05) is 36.5 Å². The first-order valence-corrected chi connectivity index (χ1v) is 5.88. The summed E-state index contributed by atoms with van der Waals surface area (Å²) < 4.78 is 0. The second-order valence-corrected chi connectivity index (χ2v) is 4.68. The number of thiazole rings is 1. The molecule has 2 atom stereocenters. The third-order valence-corrected chi connectivity index (χ3v) is 3.16. The quantitative estimate of drug-likeness (QED) is 0.764. The SMILES string of the molecule is CC(CC(N)=O)NCC(C)c1nccs1. The molecule has 3 N–H and O–H groups in total. The number of nitrogens with two attached hydrogens (primary N) is 1. The molecule has 0 bridgehead atoms. The molecule has 1 aromatic rings. The van der Waals surface area contributed by atoms with Crippen molar-refractivity contribution in [3.05, 3.63) is 16.6 Å². The van der Waals surface area contributed by atoms with Gasteiger partial charge in [-0.05, 0) is 6.92 Å². The van der Waals surface area contributed by atoms with E-state index in [4.69, 9.17) is 5.73 Å². The van der Waals surface area contributed by atoms with Crippen LogP contribution in [0.15, 0.2) is 11.6 Å². The van der Waals surface area contributed by atoms with Gasteiger partial charge in [-0.15, -0.1) is 11.3 Å². The maximum atomic E-state index is 10.7. The zero-order chi connectivity index (χ0) is 11.3. The van der Waals surface area contributed by atoms with E-state index in [0.717, 1.165) is 11.6 Å². The molecular weight excluding hydrogens is 210 g/mol. The molecule has 0 aliphatic heterocycles. The highest BCUT2D eigenvalue weighted by Gasteiger charge is 2.10. The molecule has 1 heterocycles. The lowest BCUT2D eigenvalue weighted by Crippen LogP contribution is -2.33. The fourth-order valence-electron chi connectivity index (χ4n) is 1.32. The van der Waals surface area contributed by atoms with Crippen molar-refractivity contribution in [2.45, 2.75) is 32.2 Å². The van der Waals surface area contributed by atoms with Crippen LogP contribution in [0.3, 0.4) is 0 Å². The highest BCUT2D eigenvalue weighted by Crippen LogP contribution is 2.16. The van der Waals surface area contributed by atoms with E-state index in [9.17, 15) is 4.79 Å². The smallest absolute Gasteiger partial charge is 0.218 e. The van der Waals surface area contributed by atoms with E-state index in [1.807, 2.05) is 18.5 Å². The second-order valence-electron chi connectivity index (χ2n) is 3.75. The molecule has 84 valence electrons. The van der Waals surface area contributed by atoms with Gasteiger partial charge in [-0.25, -0.2) is 4.98 Å². The first-order chi connectivity index (χ1) is 7.09. The number of aromatic nitrogens is 1. The summed E-state index contributed by atoms with van der Waals surface area (Å²) in [5.41, 5.74) is 5.11. The van der Waals surface area contributed by atoms with Crippen molar-refractivity contribution >= 4 is 17.2 Å². The lowest BCUT2D eigenvalue weighted by Gasteiger charge is -2.14. The molecule has 0 radical (unpaired) electrons. The third-order valence-electron chi connectivity index (χ3n) is 2.15. The molecule has 1 aromatic heterocycles. The lowest BCUT2D eigenvalue weighted by molar-refractivity contribution is -0.118. The molecule has 1 rings (SSSR count). The fourth-order valence-corrected chi connectivity index (χ4v) is 2.02. The molecule has 0 aliphatic carbocycles. The Kier molecular flexibility index (Phi) is 4.71. The Morgan fingerprint density at radius 2 is 2.40 bits per heavy atom. The standard InChI is InChI=1S/C10H17N3OS/c1-7(10-12-3-4-15-10)6-13-8(2)5-9(11)14/h3-4,7-8,13H,5-6H2,1-2H3,(H2,11,14). The van der Waals surface area contributed by atoms with Gasteiger partial charge in [0.15, 0.2) is 0 Å². The van der Waals surface area contributed by atoms with Gasteiger partial charge in [0.05, 0.1) is 5.01 Å². The zero-order valence-corrected chi connectivity index (χ0v) is 9.88. The number of rotatable bonds is 6. The average Bonchev–Trinajstić information content (AvgIpc) is 2.65. The van der Waals surface area contributed by atoms with Crippen LogP contribution in [0, 0.1) is 0 Å². The number of amides is 1. The molecule has 15 heavy (non-hydrogen) atoms. The number of hydrogen-bond donors (Lipinski definition) is 2. The summed E-state index contributed by atoms with van der Waals surface area (Å²) in [6.45, 7) is 4.89. The maximum Gasteiger partial charge on any atom is 0.218 e. The van der Waals surface area contributed by atoms with Gasteiger partial charge in [0.25, 0.3) is 0 Å². The van der Waals surface area contributed by atoms with Gasteiger partial charge in [-0.3, -0.25) is 4.79 Å². The van der Waals surface area contributed by atoms with Crippen LogP contribution in [0.25, 0.3) is 0 Å². The second kappa shape index (κ2) is 5.82. The number of carbonyl (C=O) groups is 1. The van der Waals surface area contributed by atoms with Crippen LogP contribution in [0.2, 0.25) is 0 Å². The van der Waals surface area contributed by atoms with Crippen LogP contribution in [0.5, 0.6) is 0 Å². The minimum absolute atomic E-state index is 0.130. The molecule has 4 nitrogen and oxygen atoms in total. The van der Waals surface area contributed by atoms with Gasteiger partial charge in [0.2, 0.25) is 5.91 Å². The van der Waals surface area contributed by atoms with Crippen molar-refractivity contribution in [1.82, 2.24) is 10.3 Å². The molecular formula is C10H17N3OS. The molecule has 0 fully saturated rings. The normalized spacial score (nSPS) is 14.8. The Bertz CT molecular complexity index is 300. The molecule has 0 aromatic carbocycles. The van der Waals surface area contributed by atoms with Gasteiger partial charge >= 0.3 is 0 Å². The monoisotopic (exact) mass is 227 g/mol. The predicted molar refractivity (Wildman–Crippen MR) is 61.8 cm³/mol. The summed E-state index contributed by atoms with van der Waals surface area (Å²) in [4.78, 5) is 14.9. The van der Waals surface area contributed by atoms with Gasteiger partial charge in [0.1, 0.15) is 0 Å². The van der Waals surface area contributed by atoms with Gasteiger partial charge in [-0.1, -0.05) is 6.92 Å². The molecule has 0 saturated carbocycles. The van der Waals surface area contributed by atoms with E-state index in [-0.39, 0.29) is 11.9 Å². The van der Waals surface area contributed by atoms with Crippen molar-refractivity contribution in [3.63, 3.8) is 0 Å². The number of hydrogen-bond acceptors (Lipinski definition) is 4. The summed E-state index contributed by atoms with van der Waals surface area (Å²) >= 11 is 1.65. The van der Waals surface area contributed by atoms with Gasteiger partial charge in [-0.2, -0.15) is 0 Å². The highest BCUT2D eigenvalue weighted by molar-refractivity contribution is 7.09. The summed E-state index contributed by atoms with van der Waals surface area (Å²) in [5.74, 6) is 0.109. The topological polar surface area (TPSA) is 68.0 Å². The van der Waals surface area contributed by atoms with Crippen LogP contribution in [-0.4, -0.2) is 23.5 Å². The zero-order valence-electron chi connectivity index (χ0n) is 9.06. The van der Waals surface area contributed by atoms with Crippen molar-refractivity contribution in [2.24, 2.45) is 5.73 Å². The van der Waals surface area contributed by atoms with Crippen molar-refractivity contribution in [1.29, 1.82) is 0 Å². The summed E-state index contributed by atoms with van der Waals surface area (Å²) in [6.07, 6.45) is 2.19. The Morgan fingerprint density at radius 1 is 1.67 bits per heavy atom. The first kappa shape index (κ1) is 12.1. The Balaban J connectivity index is 2.28. The van der Waals surface area contributed by atoms with Crippen LogP contribution in [-0.2, 0) is 4.79 Å². The van der Waals surface area contributed by atoms with E-state index >= 15 is 0 Å². The predicted octanol–water partition coefficient (Wildman–Crippen LogP) is 1.10. The first-order valence-electron chi connectivity index (χ1n) is 5.00. The van der Waals surface area contributed by atoms with Crippen molar-refractivity contribution in [3.8, 4) is 0 Å². The summed E-state index contributed by atoms with van der Waals surface area (Å²) in [6, 6.07) is 0.130. The van der Waals surface area contributed by atoms with Crippen LogP contribution >= 0.6 is 11.3 Å². The highest BCUT2D eigenvalue weighted by atomic mass is 32.1. The number of nitrogens with one attached hydrogen (secondary N) is 1. The summed E-state index contributed by atoms with van der Waals surface area (Å²) in [5, 5.41) is 6.36. The van der Waals surface area contributed by atoms with E-state index < -0.39 is 0 Å². The van der Waals surface area contributed by atoms with E-state index in [2.05, 4.69) is 17.2 Å². The van der Waals surface area contributed by atoms with Gasteiger partial charge < -0.3 is 11.1 Å². The molecule has 5 heteroatoms. The molecule has 0 saturated heterocycles. The third kappa shape index (κ3) is 4.40. The van der Waals surface area contributed by atoms with Crippen LogP contribution in [0.4, 0.5) is 0 Å². The Morgan fingerprint density at radius 3 is 2.93 bits per heavy atom. The Labute approximate surface area is 93.9 Å². The van der Waals surface area contributed by atoms with E-state index in [0.29, 0.717) is 12.3 Å². The number of primary amides is 1. The molecule has 0 spiro atoms. The largest absolute Gasteiger partial charge is 0.370 e. The maximum absolute atomic E-state index is 10.7.